The predicted molar refractivity (Wildman–Crippen MR) is 67.3 cm³/mol. The normalized spacial score (nSPS) is 10.5. The van der Waals surface area contributed by atoms with Gasteiger partial charge >= 0.3 is 0 Å². The van der Waals surface area contributed by atoms with E-state index in [0.29, 0.717) is 38.1 Å². The molecule has 0 aliphatic rings. The highest BCUT2D eigenvalue weighted by molar-refractivity contribution is 9.10. The quantitative estimate of drug-likeness (QED) is 0.543. The Kier molecular flexibility index (Phi) is 7.07. The Balaban J connectivity index is 2.13. The number of rotatable bonds is 8. The standard InChI is InChI=1S/C11H17BrN2O3/c1-9-13-10(12)8-11(14-9)17-5-3-4-16-7-6-15-2/h8H,3-7H2,1-2H3. The summed E-state index contributed by atoms with van der Waals surface area (Å²) in [7, 11) is 1.65. The first kappa shape index (κ1) is 14.3. The Morgan fingerprint density at radius 2 is 2.00 bits per heavy atom. The van der Waals surface area contributed by atoms with Crippen molar-refractivity contribution in [3.8, 4) is 5.88 Å². The van der Waals surface area contributed by atoms with Crippen LogP contribution in [-0.2, 0) is 9.47 Å². The molecule has 5 nitrogen and oxygen atoms in total. The van der Waals surface area contributed by atoms with Gasteiger partial charge in [0.05, 0.1) is 19.8 Å². The zero-order valence-electron chi connectivity index (χ0n) is 10.1. The van der Waals surface area contributed by atoms with E-state index in [9.17, 15) is 0 Å². The van der Waals surface area contributed by atoms with Gasteiger partial charge in [-0.25, -0.2) is 4.98 Å². The molecule has 0 fully saturated rings. The van der Waals surface area contributed by atoms with Crippen LogP contribution in [0, 0.1) is 6.92 Å². The van der Waals surface area contributed by atoms with Gasteiger partial charge in [-0.1, -0.05) is 0 Å². The van der Waals surface area contributed by atoms with E-state index >= 15 is 0 Å². The second-order valence-corrected chi connectivity index (χ2v) is 4.20. The van der Waals surface area contributed by atoms with Crippen LogP contribution in [0.3, 0.4) is 0 Å². The molecule has 1 aromatic rings. The third-order valence-electron chi connectivity index (χ3n) is 1.90. The summed E-state index contributed by atoms with van der Waals surface area (Å²) in [6.45, 7) is 4.31. The fourth-order valence-electron chi connectivity index (χ4n) is 1.16. The summed E-state index contributed by atoms with van der Waals surface area (Å²) in [6.07, 6.45) is 0.824. The summed E-state index contributed by atoms with van der Waals surface area (Å²) in [5.74, 6) is 1.27. The molecule has 0 aliphatic heterocycles. The smallest absolute Gasteiger partial charge is 0.217 e. The van der Waals surface area contributed by atoms with E-state index < -0.39 is 0 Å². The summed E-state index contributed by atoms with van der Waals surface area (Å²) >= 11 is 3.29. The fraction of sp³-hybridized carbons (Fsp3) is 0.636. The summed E-state index contributed by atoms with van der Waals surface area (Å²) in [5, 5.41) is 0. The molecule has 0 spiro atoms. The summed E-state index contributed by atoms with van der Waals surface area (Å²) in [5.41, 5.74) is 0. The Bertz CT molecular complexity index is 316. The number of nitrogens with zero attached hydrogens (tertiary/aromatic N) is 2. The summed E-state index contributed by atoms with van der Waals surface area (Å²) < 4.78 is 16.4. The number of hydrogen-bond donors (Lipinski definition) is 0. The van der Waals surface area contributed by atoms with Crippen molar-refractivity contribution < 1.29 is 14.2 Å². The van der Waals surface area contributed by atoms with Gasteiger partial charge in [0.25, 0.3) is 0 Å². The van der Waals surface area contributed by atoms with Gasteiger partial charge in [-0.15, -0.1) is 0 Å². The number of aromatic nitrogens is 2. The van der Waals surface area contributed by atoms with Crippen LogP contribution in [0.2, 0.25) is 0 Å². The van der Waals surface area contributed by atoms with E-state index in [1.165, 1.54) is 0 Å². The van der Waals surface area contributed by atoms with Crippen LogP contribution in [0.4, 0.5) is 0 Å². The summed E-state index contributed by atoms with van der Waals surface area (Å²) in [6, 6.07) is 1.75. The van der Waals surface area contributed by atoms with E-state index in [4.69, 9.17) is 14.2 Å². The lowest BCUT2D eigenvalue weighted by Crippen LogP contribution is -2.07. The minimum Gasteiger partial charge on any atom is -0.477 e. The lowest BCUT2D eigenvalue weighted by molar-refractivity contribution is 0.0642. The van der Waals surface area contributed by atoms with Crippen LogP contribution in [0.25, 0.3) is 0 Å². The van der Waals surface area contributed by atoms with E-state index in [-0.39, 0.29) is 0 Å². The molecule has 17 heavy (non-hydrogen) atoms. The van der Waals surface area contributed by atoms with E-state index in [0.717, 1.165) is 11.0 Å². The van der Waals surface area contributed by atoms with Gasteiger partial charge in [0.2, 0.25) is 5.88 Å². The molecule has 0 aromatic carbocycles. The number of halogens is 1. The molecule has 1 rings (SSSR count). The average molecular weight is 305 g/mol. The van der Waals surface area contributed by atoms with Gasteiger partial charge in [0.15, 0.2) is 0 Å². The van der Waals surface area contributed by atoms with Gasteiger partial charge in [0, 0.05) is 26.2 Å². The maximum atomic E-state index is 5.48. The van der Waals surface area contributed by atoms with Crippen molar-refractivity contribution in [2.45, 2.75) is 13.3 Å². The van der Waals surface area contributed by atoms with Gasteiger partial charge in [-0.05, 0) is 22.9 Å². The molecule has 96 valence electrons. The molecular weight excluding hydrogens is 288 g/mol. The molecule has 1 heterocycles. The number of ether oxygens (including phenoxy) is 3. The van der Waals surface area contributed by atoms with Gasteiger partial charge < -0.3 is 14.2 Å². The van der Waals surface area contributed by atoms with Crippen LogP contribution in [0.5, 0.6) is 5.88 Å². The average Bonchev–Trinajstić information content (AvgIpc) is 2.26. The van der Waals surface area contributed by atoms with Crippen LogP contribution in [0.15, 0.2) is 10.7 Å². The SMILES string of the molecule is COCCOCCCOc1cc(Br)nc(C)n1. The van der Waals surface area contributed by atoms with Crippen LogP contribution >= 0.6 is 15.9 Å². The largest absolute Gasteiger partial charge is 0.477 e. The molecule has 0 saturated heterocycles. The molecule has 0 N–H and O–H groups in total. The topological polar surface area (TPSA) is 53.5 Å². The first-order valence-corrected chi connectivity index (χ1v) is 6.22. The van der Waals surface area contributed by atoms with Gasteiger partial charge in [-0.2, -0.15) is 4.98 Å². The van der Waals surface area contributed by atoms with E-state index in [1.807, 2.05) is 6.92 Å². The number of hydrogen-bond acceptors (Lipinski definition) is 5. The second kappa shape index (κ2) is 8.38. The van der Waals surface area contributed by atoms with Crippen molar-refractivity contribution in [1.82, 2.24) is 9.97 Å². The minimum absolute atomic E-state index is 0.579. The molecule has 6 heteroatoms. The monoisotopic (exact) mass is 304 g/mol. The zero-order chi connectivity index (χ0) is 12.5. The third kappa shape index (κ3) is 6.55. The molecule has 0 amide bonds. The maximum Gasteiger partial charge on any atom is 0.217 e. The van der Waals surface area contributed by atoms with Gasteiger partial charge in [-0.3, -0.25) is 0 Å². The Labute approximate surface area is 110 Å². The highest BCUT2D eigenvalue weighted by Gasteiger charge is 2.00. The highest BCUT2D eigenvalue weighted by Crippen LogP contribution is 2.13. The minimum atomic E-state index is 0.579. The van der Waals surface area contributed by atoms with Crippen molar-refractivity contribution in [3.63, 3.8) is 0 Å². The maximum absolute atomic E-state index is 5.48. The Morgan fingerprint density at radius 1 is 1.18 bits per heavy atom. The molecule has 0 aliphatic carbocycles. The van der Waals surface area contributed by atoms with Crippen molar-refractivity contribution in [3.05, 3.63) is 16.5 Å². The highest BCUT2D eigenvalue weighted by atomic mass is 79.9. The molecule has 0 atom stereocenters. The molecule has 0 bridgehead atoms. The Morgan fingerprint density at radius 3 is 2.71 bits per heavy atom. The van der Waals surface area contributed by atoms with E-state index in [1.54, 1.807) is 13.2 Å². The first-order valence-electron chi connectivity index (χ1n) is 5.43. The third-order valence-corrected chi connectivity index (χ3v) is 2.30. The van der Waals surface area contributed by atoms with E-state index in [2.05, 4.69) is 25.9 Å². The number of methoxy groups -OCH3 is 1. The van der Waals surface area contributed by atoms with Crippen LogP contribution in [-0.4, -0.2) is 43.5 Å². The molecular formula is C11H17BrN2O3. The fourth-order valence-corrected chi connectivity index (χ4v) is 1.61. The lowest BCUT2D eigenvalue weighted by Gasteiger charge is -2.06. The lowest BCUT2D eigenvalue weighted by atomic mass is 10.5. The predicted octanol–water partition coefficient (Wildman–Crippen LogP) is 1.98. The van der Waals surface area contributed by atoms with Crippen molar-refractivity contribution >= 4 is 15.9 Å². The summed E-state index contributed by atoms with van der Waals surface area (Å²) in [4.78, 5) is 8.26. The van der Waals surface area contributed by atoms with Crippen molar-refractivity contribution in [2.75, 3.05) is 33.5 Å². The Hall–Kier alpha value is -0.720. The van der Waals surface area contributed by atoms with Gasteiger partial charge in [0.1, 0.15) is 10.4 Å². The molecule has 0 unspecified atom stereocenters. The number of aryl methyl sites for hydroxylation is 1. The van der Waals surface area contributed by atoms with Crippen LogP contribution < -0.4 is 4.74 Å². The van der Waals surface area contributed by atoms with Crippen LogP contribution in [0.1, 0.15) is 12.2 Å². The first-order chi connectivity index (χ1) is 8.22. The van der Waals surface area contributed by atoms with Crippen molar-refractivity contribution in [1.29, 1.82) is 0 Å². The van der Waals surface area contributed by atoms with Crippen molar-refractivity contribution in [2.24, 2.45) is 0 Å². The molecule has 0 saturated carbocycles. The second-order valence-electron chi connectivity index (χ2n) is 3.38. The zero-order valence-corrected chi connectivity index (χ0v) is 11.7. The molecule has 0 radical (unpaired) electrons. The molecule has 1 aromatic heterocycles.